The van der Waals surface area contributed by atoms with Gasteiger partial charge in [0.15, 0.2) is 12.5 Å². The molecule has 0 bridgehead atoms. The maximum atomic E-state index is 11.0. The van der Waals surface area contributed by atoms with E-state index in [2.05, 4.69) is 28.6 Å². The number of carbonyl (C=O) groups is 1. The van der Waals surface area contributed by atoms with Crippen LogP contribution in [0.2, 0.25) is 0 Å². The lowest BCUT2D eigenvalue weighted by Crippen LogP contribution is -2.26. The van der Waals surface area contributed by atoms with Gasteiger partial charge < -0.3 is 15.4 Å². The first-order valence-electron chi connectivity index (χ1n) is 7.37. The lowest BCUT2D eigenvalue weighted by molar-refractivity contribution is -0.118. The van der Waals surface area contributed by atoms with Gasteiger partial charge in [0.05, 0.1) is 5.75 Å². The van der Waals surface area contributed by atoms with Gasteiger partial charge in [0.25, 0.3) is 0 Å². The fraction of sp³-hybridized carbons (Fsp3) is 0.533. The van der Waals surface area contributed by atoms with Gasteiger partial charge >= 0.3 is 0 Å². The Morgan fingerprint density at radius 2 is 1.86 bits per heavy atom. The number of anilines is 1. The fourth-order valence-corrected chi connectivity index (χ4v) is 2.14. The van der Waals surface area contributed by atoms with Crippen molar-refractivity contribution in [1.29, 1.82) is 0 Å². The van der Waals surface area contributed by atoms with E-state index in [-0.39, 0.29) is 24.1 Å². The summed E-state index contributed by atoms with van der Waals surface area (Å²) >= 11 is 3.91. The molecule has 6 heteroatoms. The molecule has 1 amide bonds. The predicted molar refractivity (Wildman–Crippen MR) is 87.4 cm³/mol. The van der Waals surface area contributed by atoms with Crippen molar-refractivity contribution < 1.29 is 9.53 Å². The van der Waals surface area contributed by atoms with E-state index in [4.69, 9.17) is 4.74 Å². The summed E-state index contributed by atoms with van der Waals surface area (Å²) in [6.45, 7) is 1.66. The van der Waals surface area contributed by atoms with Gasteiger partial charge in [-0.25, -0.2) is 0 Å². The summed E-state index contributed by atoms with van der Waals surface area (Å²) in [5, 5.41) is 9.47. The molecule has 2 atom stereocenters. The molecule has 116 valence electrons. The van der Waals surface area contributed by atoms with Gasteiger partial charge in [-0.3, -0.25) is 10.1 Å². The van der Waals surface area contributed by atoms with Crippen molar-refractivity contribution in [2.45, 2.75) is 31.7 Å². The van der Waals surface area contributed by atoms with Crippen molar-refractivity contribution in [3.05, 3.63) is 30.3 Å². The first-order chi connectivity index (χ1) is 10.3. The molecule has 1 aromatic carbocycles. The third kappa shape index (κ3) is 6.37. The minimum atomic E-state index is -0.00216. The van der Waals surface area contributed by atoms with Crippen molar-refractivity contribution in [2.24, 2.45) is 0 Å². The molecular weight excluding hydrogens is 286 g/mol. The molecule has 1 heterocycles. The Hall–Kier alpha value is -1.24. The molecule has 2 unspecified atom stereocenters. The molecular formula is C15H23N3O2S. The van der Waals surface area contributed by atoms with Crippen LogP contribution >= 0.6 is 12.6 Å². The number of unbranched alkanes of at least 4 members (excludes halogenated alkanes) is 2. The molecule has 1 aliphatic heterocycles. The zero-order chi connectivity index (χ0) is 14.9. The Kier molecular flexibility index (Phi) is 6.85. The van der Waals surface area contributed by atoms with Crippen LogP contribution in [0.1, 0.15) is 19.3 Å². The topological polar surface area (TPSA) is 65.7 Å². The van der Waals surface area contributed by atoms with Crippen molar-refractivity contribution in [3.63, 3.8) is 0 Å². The zero-order valence-corrected chi connectivity index (χ0v) is 12.9. The van der Waals surface area contributed by atoms with Crippen LogP contribution in [0, 0.1) is 0 Å². The molecule has 21 heavy (non-hydrogen) atoms. The van der Waals surface area contributed by atoms with E-state index in [0.717, 1.165) is 38.0 Å². The minimum absolute atomic E-state index is 0.00216. The molecule has 2 rings (SSSR count). The average molecular weight is 309 g/mol. The molecule has 1 fully saturated rings. The van der Waals surface area contributed by atoms with Crippen LogP contribution < -0.4 is 16.0 Å². The van der Waals surface area contributed by atoms with E-state index in [1.165, 1.54) is 0 Å². The number of benzene rings is 1. The van der Waals surface area contributed by atoms with Crippen molar-refractivity contribution in [3.8, 4) is 0 Å². The summed E-state index contributed by atoms with van der Waals surface area (Å²) in [6.07, 6.45) is 3.34. The zero-order valence-electron chi connectivity index (χ0n) is 12.0. The molecule has 5 nitrogen and oxygen atoms in total. The van der Waals surface area contributed by atoms with Crippen LogP contribution in [0.15, 0.2) is 30.3 Å². The molecule has 0 aromatic heterocycles. The lowest BCUT2D eigenvalue weighted by atomic mass is 10.2. The molecule has 1 aromatic rings. The summed E-state index contributed by atoms with van der Waals surface area (Å²) in [7, 11) is 0. The smallest absolute Gasteiger partial charge is 0.229 e. The van der Waals surface area contributed by atoms with Crippen molar-refractivity contribution in [1.82, 2.24) is 10.6 Å². The molecule has 1 saturated heterocycles. The highest BCUT2D eigenvalue weighted by molar-refractivity contribution is 7.81. The summed E-state index contributed by atoms with van der Waals surface area (Å²) in [4.78, 5) is 11.0. The highest BCUT2D eigenvalue weighted by Gasteiger charge is 2.38. The summed E-state index contributed by atoms with van der Waals surface area (Å²) in [5.41, 5.74) is 1.08. The number of ether oxygens (including phenoxy) is 1. The number of nitrogens with one attached hydrogen (secondary N) is 3. The van der Waals surface area contributed by atoms with Gasteiger partial charge in [-0.1, -0.05) is 24.6 Å². The number of amides is 1. The second kappa shape index (κ2) is 8.92. The Balaban J connectivity index is 1.43. The monoisotopic (exact) mass is 309 g/mol. The van der Waals surface area contributed by atoms with Crippen LogP contribution in [0.4, 0.5) is 5.69 Å². The van der Waals surface area contributed by atoms with E-state index in [9.17, 15) is 4.79 Å². The first kappa shape index (κ1) is 16.1. The number of rotatable bonds is 10. The molecule has 0 radical (unpaired) electrons. The normalized spacial score (nSPS) is 20.0. The van der Waals surface area contributed by atoms with E-state index in [1.54, 1.807) is 0 Å². The molecule has 0 spiro atoms. The van der Waals surface area contributed by atoms with E-state index >= 15 is 0 Å². The lowest BCUT2D eigenvalue weighted by Gasteiger charge is -2.04. The highest BCUT2D eigenvalue weighted by atomic mass is 32.1. The molecule has 1 aliphatic rings. The SMILES string of the molecule is O=C(CS)NCCCCCNC1OC1Nc1ccccc1. The van der Waals surface area contributed by atoms with Gasteiger partial charge in [-0.2, -0.15) is 12.6 Å². The molecule has 0 aliphatic carbocycles. The number of epoxide rings is 1. The summed E-state index contributed by atoms with van der Waals surface area (Å²) in [6, 6.07) is 10.0. The summed E-state index contributed by atoms with van der Waals surface area (Å²) in [5.74, 6) is 0.258. The van der Waals surface area contributed by atoms with Gasteiger partial charge in [-0.05, 0) is 31.5 Å². The number of hydrogen-bond acceptors (Lipinski definition) is 5. The Labute approximate surface area is 131 Å². The fourth-order valence-electron chi connectivity index (χ4n) is 2.03. The van der Waals surface area contributed by atoms with E-state index < -0.39 is 0 Å². The van der Waals surface area contributed by atoms with E-state index in [1.807, 2.05) is 30.3 Å². The van der Waals surface area contributed by atoms with Crippen LogP contribution in [0.3, 0.4) is 0 Å². The average Bonchev–Trinajstić information content (AvgIpc) is 3.25. The third-order valence-corrected chi connectivity index (χ3v) is 3.53. The summed E-state index contributed by atoms with van der Waals surface area (Å²) < 4.78 is 5.51. The second-order valence-corrected chi connectivity index (χ2v) is 5.33. The molecule has 3 N–H and O–H groups in total. The Bertz CT molecular complexity index is 430. The van der Waals surface area contributed by atoms with E-state index in [0.29, 0.717) is 0 Å². The number of hydrogen-bond donors (Lipinski definition) is 4. The van der Waals surface area contributed by atoms with Gasteiger partial charge in [0.1, 0.15) is 0 Å². The number of carbonyl (C=O) groups excluding carboxylic acids is 1. The molecule has 0 saturated carbocycles. The maximum absolute atomic E-state index is 11.0. The Morgan fingerprint density at radius 1 is 1.10 bits per heavy atom. The van der Waals surface area contributed by atoms with Gasteiger partial charge in [0, 0.05) is 12.2 Å². The van der Waals surface area contributed by atoms with Crippen molar-refractivity contribution in [2.75, 3.05) is 24.2 Å². The Morgan fingerprint density at radius 3 is 2.62 bits per heavy atom. The standard InChI is InChI=1S/C15H23N3O2S/c19-13(11-21)16-9-5-2-6-10-17-14-15(20-14)18-12-7-3-1-4-8-12/h1,3-4,7-8,14-15,17-18,21H,2,5-6,9-11H2,(H,16,19). The predicted octanol–water partition coefficient (Wildman–Crippen LogP) is 1.59. The van der Waals surface area contributed by atoms with Gasteiger partial charge in [-0.15, -0.1) is 0 Å². The first-order valence-corrected chi connectivity index (χ1v) is 8.01. The van der Waals surface area contributed by atoms with Gasteiger partial charge in [0.2, 0.25) is 5.91 Å². The highest BCUT2D eigenvalue weighted by Crippen LogP contribution is 2.21. The largest absolute Gasteiger partial charge is 0.357 e. The van der Waals surface area contributed by atoms with Crippen LogP contribution in [0.5, 0.6) is 0 Å². The van der Waals surface area contributed by atoms with Crippen LogP contribution in [0.25, 0.3) is 0 Å². The third-order valence-electron chi connectivity index (χ3n) is 3.24. The van der Waals surface area contributed by atoms with Crippen LogP contribution in [-0.4, -0.2) is 37.2 Å². The second-order valence-electron chi connectivity index (χ2n) is 5.01. The number of thiol groups is 1. The van der Waals surface area contributed by atoms with Crippen LogP contribution in [-0.2, 0) is 9.53 Å². The van der Waals surface area contributed by atoms with Crippen molar-refractivity contribution >= 4 is 24.2 Å². The number of para-hydroxylation sites is 1. The quantitative estimate of drug-likeness (QED) is 0.301. The minimum Gasteiger partial charge on any atom is -0.357 e. The maximum Gasteiger partial charge on any atom is 0.229 e.